The van der Waals surface area contributed by atoms with Gasteiger partial charge in [-0.25, -0.2) is 0 Å². The van der Waals surface area contributed by atoms with Gasteiger partial charge in [0.15, 0.2) is 6.29 Å². The molecule has 1 saturated heterocycles. The van der Waals surface area contributed by atoms with Gasteiger partial charge in [-0.1, -0.05) is 34.1 Å². The Morgan fingerprint density at radius 2 is 1.80 bits per heavy atom. The van der Waals surface area contributed by atoms with Gasteiger partial charge in [0.2, 0.25) is 0 Å². The summed E-state index contributed by atoms with van der Waals surface area (Å²) in [5.41, 5.74) is -0.241. The van der Waals surface area contributed by atoms with E-state index in [1.807, 2.05) is 34.6 Å². The molecule has 1 aliphatic heterocycles. The van der Waals surface area contributed by atoms with Crippen molar-refractivity contribution in [3.8, 4) is 0 Å². The van der Waals surface area contributed by atoms with Crippen molar-refractivity contribution in [1.29, 1.82) is 0 Å². The molecule has 0 bridgehead atoms. The van der Waals surface area contributed by atoms with Gasteiger partial charge in [0.05, 0.1) is 24.9 Å². The van der Waals surface area contributed by atoms with Crippen molar-refractivity contribution in [1.82, 2.24) is 0 Å². The molecular formula is C15H30O5. The maximum Gasteiger partial charge on any atom is 0.186 e. The lowest BCUT2D eigenvalue weighted by Gasteiger charge is -2.48. The van der Waals surface area contributed by atoms with Crippen molar-refractivity contribution < 1.29 is 24.8 Å². The molecule has 0 radical (unpaired) electrons. The summed E-state index contributed by atoms with van der Waals surface area (Å²) < 4.78 is 11.3. The first-order valence-electron chi connectivity index (χ1n) is 7.56. The third kappa shape index (κ3) is 3.71. The maximum absolute atomic E-state index is 10.4. The normalized spacial score (nSPS) is 36.9. The smallest absolute Gasteiger partial charge is 0.186 e. The van der Waals surface area contributed by atoms with E-state index in [0.29, 0.717) is 0 Å². The van der Waals surface area contributed by atoms with Gasteiger partial charge in [0.25, 0.3) is 0 Å². The molecule has 0 amide bonds. The fourth-order valence-electron chi connectivity index (χ4n) is 2.73. The van der Waals surface area contributed by atoms with Crippen molar-refractivity contribution in [3.05, 3.63) is 0 Å². The van der Waals surface area contributed by atoms with E-state index in [-0.39, 0.29) is 24.0 Å². The average molecular weight is 290 g/mol. The SMILES string of the molecule is CCC(C)OC1OC(CO)C(C(C)(C)CC)C(O)C1O. The van der Waals surface area contributed by atoms with Crippen LogP contribution < -0.4 is 0 Å². The molecule has 6 atom stereocenters. The molecule has 0 aliphatic carbocycles. The molecule has 0 aromatic carbocycles. The Kier molecular flexibility index (Phi) is 6.41. The van der Waals surface area contributed by atoms with Gasteiger partial charge in [-0.15, -0.1) is 0 Å². The first-order valence-corrected chi connectivity index (χ1v) is 7.56. The van der Waals surface area contributed by atoms with E-state index in [4.69, 9.17) is 9.47 Å². The second-order valence-electron chi connectivity index (χ2n) is 6.43. The molecule has 20 heavy (non-hydrogen) atoms. The van der Waals surface area contributed by atoms with Crippen LogP contribution in [0.15, 0.2) is 0 Å². The van der Waals surface area contributed by atoms with E-state index in [1.165, 1.54) is 0 Å². The molecule has 1 rings (SSSR count). The zero-order chi connectivity index (χ0) is 15.5. The highest BCUT2D eigenvalue weighted by atomic mass is 16.7. The first kappa shape index (κ1) is 17.9. The topological polar surface area (TPSA) is 79.2 Å². The fourth-order valence-corrected chi connectivity index (χ4v) is 2.73. The summed E-state index contributed by atoms with van der Waals surface area (Å²) in [7, 11) is 0. The number of hydrogen-bond donors (Lipinski definition) is 3. The lowest BCUT2D eigenvalue weighted by Crippen LogP contribution is -2.60. The van der Waals surface area contributed by atoms with E-state index >= 15 is 0 Å². The van der Waals surface area contributed by atoms with Crippen LogP contribution in [0, 0.1) is 11.3 Å². The summed E-state index contributed by atoms with van der Waals surface area (Å²) in [5, 5.41) is 30.2. The lowest BCUT2D eigenvalue weighted by molar-refractivity contribution is -0.311. The summed E-state index contributed by atoms with van der Waals surface area (Å²) in [6, 6.07) is 0. The molecule has 6 unspecified atom stereocenters. The van der Waals surface area contributed by atoms with Gasteiger partial charge >= 0.3 is 0 Å². The van der Waals surface area contributed by atoms with E-state index < -0.39 is 24.6 Å². The Morgan fingerprint density at radius 1 is 1.20 bits per heavy atom. The molecule has 0 spiro atoms. The summed E-state index contributed by atoms with van der Waals surface area (Å²) in [6.45, 7) is 9.71. The molecule has 1 heterocycles. The van der Waals surface area contributed by atoms with E-state index in [0.717, 1.165) is 12.8 Å². The highest BCUT2D eigenvalue weighted by Crippen LogP contribution is 2.41. The number of rotatable bonds is 6. The van der Waals surface area contributed by atoms with Crippen LogP contribution in [0.5, 0.6) is 0 Å². The maximum atomic E-state index is 10.4. The lowest BCUT2D eigenvalue weighted by atomic mass is 9.68. The molecule has 1 aliphatic rings. The molecular weight excluding hydrogens is 260 g/mol. The van der Waals surface area contributed by atoms with Gasteiger partial charge in [-0.3, -0.25) is 0 Å². The first-order chi connectivity index (χ1) is 9.28. The van der Waals surface area contributed by atoms with Crippen LogP contribution >= 0.6 is 0 Å². The fraction of sp³-hybridized carbons (Fsp3) is 1.00. The van der Waals surface area contributed by atoms with Crippen LogP contribution in [-0.2, 0) is 9.47 Å². The average Bonchev–Trinajstić information content (AvgIpc) is 2.42. The van der Waals surface area contributed by atoms with Gasteiger partial charge in [-0.05, 0) is 18.8 Å². The Hall–Kier alpha value is -0.200. The second kappa shape index (κ2) is 7.18. The Bertz CT molecular complexity index is 292. The van der Waals surface area contributed by atoms with Crippen molar-refractivity contribution in [2.24, 2.45) is 11.3 Å². The summed E-state index contributed by atoms with van der Waals surface area (Å²) >= 11 is 0. The van der Waals surface area contributed by atoms with Crippen LogP contribution in [0.4, 0.5) is 0 Å². The van der Waals surface area contributed by atoms with Crippen LogP contribution in [0.25, 0.3) is 0 Å². The highest BCUT2D eigenvalue weighted by molar-refractivity contribution is 4.96. The number of ether oxygens (including phenoxy) is 2. The van der Waals surface area contributed by atoms with E-state index in [9.17, 15) is 15.3 Å². The Labute approximate surface area is 121 Å². The van der Waals surface area contributed by atoms with Crippen LogP contribution in [0.2, 0.25) is 0 Å². The zero-order valence-corrected chi connectivity index (χ0v) is 13.2. The number of aliphatic hydroxyl groups excluding tert-OH is 3. The van der Waals surface area contributed by atoms with Crippen molar-refractivity contribution in [2.75, 3.05) is 6.61 Å². The number of hydrogen-bond acceptors (Lipinski definition) is 5. The Balaban J connectivity index is 2.89. The molecule has 120 valence electrons. The molecule has 5 nitrogen and oxygen atoms in total. The standard InChI is InChI=1S/C15H30O5/c1-6-9(3)19-14-13(18)12(17)11(10(8-16)20-14)15(4,5)7-2/h9-14,16-18H,6-8H2,1-5H3. The molecule has 3 N–H and O–H groups in total. The van der Waals surface area contributed by atoms with Crippen molar-refractivity contribution >= 4 is 0 Å². The zero-order valence-electron chi connectivity index (χ0n) is 13.2. The Morgan fingerprint density at radius 3 is 2.25 bits per heavy atom. The highest BCUT2D eigenvalue weighted by Gasteiger charge is 2.50. The van der Waals surface area contributed by atoms with E-state index in [2.05, 4.69) is 0 Å². The summed E-state index contributed by atoms with van der Waals surface area (Å²) in [6.07, 6.45) is -1.95. The quantitative estimate of drug-likeness (QED) is 0.687. The predicted octanol–water partition coefficient (Wildman–Crippen LogP) is 1.29. The molecule has 0 aromatic rings. The van der Waals surface area contributed by atoms with E-state index in [1.54, 1.807) is 0 Å². The molecule has 1 fully saturated rings. The molecule has 5 heteroatoms. The second-order valence-corrected chi connectivity index (χ2v) is 6.43. The summed E-state index contributed by atoms with van der Waals surface area (Å²) in [5.74, 6) is -0.329. The van der Waals surface area contributed by atoms with Crippen LogP contribution in [-0.4, -0.2) is 52.6 Å². The molecule has 0 saturated carbocycles. The minimum atomic E-state index is -1.09. The summed E-state index contributed by atoms with van der Waals surface area (Å²) in [4.78, 5) is 0. The van der Waals surface area contributed by atoms with Gasteiger partial charge in [-0.2, -0.15) is 0 Å². The molecule has 0 aromatic heterocycles. The monoisotopic (exact) mass is 290 g/mol. The minimum absolute atomic E-state index is 0.0723. The predicted molar refractivity (Wildman–Crippen MR) is 76.2 cm³/mol. The van der Waals surface area contributed by atoms with Crippen molar-refractivity contribution in [3.63, 3.8) is 0 Å². The van der Waals surface area contributed by atoms with Crippen molar-refractivity contribution in [2.45, 2.75) is 78.2 Å². The van der Waals surface area contributed by atoms with Crippen LogP contribution in [0.1, 0.15) is 47.5 Å². The largest absolute Gasteiger partial charge is 0.394 e. The minimum Gasteiger partial charge on any atom is -0.394 e. The van der Waals surface area contributed by atoms with Gasteiger partial charge in [0.1, 0.15) is 6.10 Å². The van der Waals surface area contributed by atoms with Crippen LogP contribution in [0.3, 0.4) is 0 Å². The van der Waals surface area contributed by atoms with Gasteiger partial charge < -0.3 is 24.8 Å². The number of aliphatic hydroxyl groups is 3. The van der Waals surface area contributed by atoms with Gasteiger partial charge in [0, 0.05) is 5.92 Å². The third-order valence-corrected chi connectivity index (χ3v) is 4.64. The third-order valence-electron chi connectivity index (χ3n) is 4.64.